The second-order valence-electron chi connectivity index (χ2n) is 5.60. The zero-order chi connectivity index (χ0) is 18.0. The van der Waals surface area contributed by atoms with Crippen LogP contribution in [0, 0.1) is 13.8 Å². The lowest BCUT2D eigenvalue weighted by Gasteiger charge is -2.12. The highest BCUT2D eigenvalue weighted by Crippen LogP contribution is 2.24. The van der Waals surface area contributed by atoms with Gasteiger partial charge in [-0.1, -0.05) is 11.8 Å². The molecule has 0 fully saturated rings. The van der Waals surface area contributed by atoms with Gasteiger partial charge < -0.3 is 10.1 Å². The Morgan fingerprint density at radius 1 is 1.24 bits per heavy atom. The number of aromatic nitrogens is 4. The van der Waals surface area contributed by atoms with Gasteiger partial charge in [0.1, 0.15) is 11.6 Å². The second-order valence-corrected chi connectivity index (χ2v) is 6.91. The van der Waals surface area contributed by atoms with Crippen molar-refractivity contribution in [2.45, 2.75) is 31.2 Å². The summed E-state index contributed by atoms with van der Waals surface area (Å²) in [5, 5.41) is 11.6. The van der Waals surface area contributed by atoms with E-state index in [1.54, 1.807) is 31.4 Å². The van der Waals surface area contributed by atoms with Gasteiger partial charge in [-0.05, 0) is 45.0 Å². The SMILES string of the molecule is COc1ccc(NC(=O)C(C)Sc2nnc3cc(C)nc(C)n23)cc1. The Morgan fingerprint density at radius 2 is 1.96 bits per heavy atom. The van der Waals surface area contributed by atoms with Gasteiger partial charge in [-0.3, -0.25) is 9.20 Å². The third kappa shape index (κ3) is 3.74. The zero-order valence-electron chi connectivity index (χ0n) is 14.5. The Hall–Kier alpha value is -2.61. The van der Waals surface area contributed by atoms with Crippen molar-refractivity contribution in [1.82, 2.24) is 19.6 Å². The molecule has 2 heterocycles. The Morgan fingerprint density at radius 3 is 2.64 bits per heavy atom. The molecular formula is C17H19N5O2S. The number of benzene rings is 1. The van der Waals surface area contributed by atoms with Crippen LogP contribution in [0.25, 0.3) is 5.65 Å². The first-order valence-electron chi connectivity index (χ1n) is 7.79. The van der Waals surface area contributed by atoms with E-state index in [1.807, 2.05) is 31.2 Å². The highest BCUT2D eigenvalue weighted by atomic mass is 32.2. The first-order chi connectivity index (χ1) is 12.0. The summed E-state index contributed by atoms with van der Waals surface area (Å²) in [6, 6.07) is 9.08. The predicted octanol–water partition coefficient (Wildman–Crippen LogP) is 2.87. The number of hydrogen-bond donors (Lipinski definition) is 1. The molecule has 3 rings (SSSR count). The average Bonchev–Trinajstić information content (AvgIpc) is 2.98. The van der Waals surface area contributed by atoms with Crippen molar-refractivity contribution >= 4 is 29.0 Å². The Kier molecular flexibility index (Phi) is 4.89. The number of nitrogens with zero attached hydrogens (tertiary/aromatic N) is 4. The van der Waals surface area contributed by atoms with Crippen molar-refractivity contribution in [3.8, 4) is 5.75 Å². The summed E-state index contributed by atoms with van der Waals surface area (Å²) in [4.78, 5) is 16.9. The van der Waals surface area contributed by atoms with Crippen molar-refractivity contribution < 1.29 is 9.53 Å². The van der Waals surface area contributed by atoms with E-state index in [0.29, 0.717) is 5.16 Å². The van der Waals surface area contributed by atoms with E-state index >= 15 is 0 Å². The van der Waals surface area contributed by atoms with E-state index < -0.39 is 0 Å². The Balaban J connectivity index is 1.73. The van der Waals surface area contributed by atoms with Crippen molar-refractivity contribution in [3.05, 3.63) is 41.9 Å². The average molecular weight is 357 g/mol. The number of thioether (sulfide) groups is 1. The van der Waals surface area contributed by atoms with Crippen molar-refractivity contribution in [2.75, 3.05) is 12.4 Å². The summed E-state index contributed by atoms with van der Waals surface area (Å²) in [5.41, 5.74) is 2.34. The monoisotopic (exact) mass is 357 g/mol. The Labute approximate surface area is 149 Å². The van der Waals surface area contributed by atoms with E-state index in [4.69, 9.17) is 4.74 Å². The van der Waals surface area contributed by atoms with Crippen LogP contribution in [0.2, 0.25) is 0 Å². The predicted molar refractivity (Wildman–Crippen MR) is 97.2 cm³/mol. The minimum Gasteiger partial charge on any atom is -0.497 e. The molecule has 0 aliphatic heterocycles. The number of amides is 1. The molecule has 25 heavy (non-hydrogen) atoms. The second kappa shape index (κ2) is 7.10. The van der Waals surface area contributed by atoms with Crippen LogP contribution in [0.1, 0.15) is 18.4 Å². The van der Waals surface area contributed by atoms with E-state index in [0.717, 1.165) is 28.6 Å². The fourth-order valence-electron chi connectivity index (χ4n) is 2.41. The molecular weight excluding hydrogens is 338 g/mol. The number of carbonyl (C=O) groups excluding carboxylic acids is 1. The molecule has 8 heteroatoms. The van der Waals surface area contributed by atoms with Gasteiger partial charge in [-0.2, -0.15) is 0 Å². The number of nitrogens with one attached hydrogen (secondary N) is 1. The molecule has 0 saturated heterocycles. The summed E-state index contributed by atoms with van der Waals surface area (Å²) in [6.45, 7) is 5.65. The minimum absolute atomic E-state index is 0.107. The normalized spacial score (nSPS) is 12.2. The number of carbonyl (C=O) groups is 1. The van der Waals surface area contributed by atoms with Crippen LogP contribution in [0.5, 0.6) is 5.75 Å². The number of aryl methyl sites for hydroxylation is 2. The van der Waals surface area contributed by atoms with Gasteiger partial charge in [0.25, 0.3) is 0 Å². The van der Waals surface area contributed by atoms with Gasteiger partial charge >= 0.3 is 0 Å². The Bertz CT molecular complexity index is 907. The van der Waals surface area contributed by atoms with Gasteiger partial charge in [-0.25, -0.2) is 4.98 Å². The maximum absolute atomic E-state index is 12.4. The number of hydrogen-bond acceptors (Lipinski definition) is 6. The lowest BCUT2D eigenvalue weighted by Crippen LogP contribution is -2.22. The molecule has 1 amide bonds. The molecule has 0 bridgehead atoms. The fourth-order valence-corrected chi connectivity index (χ4v) is 3.31. The molecule has 0 radical (unpaired) electrons. The smallest absolute Gasteiger partial charge is 0.237 e. The highest BCUT2D eigenvalue weighted by molar-refractivity contribution is 8.00. The lowest BCUT2D eigenvalue weighted by molar-refractivity contribution is -0.115. The molecule has 130 valence electrons. The van der Waals surface area contributed by atoms with E-state index in [9.17, 15) is 4.79 Å². The number of ether oxygens (including phenoxy) is 1. The number of fused-ring (bicyclic) bond motifs is 1. The van der Waals surface area contributed by atoms with Crippen LogP contribution in [0.3, 0.4) is 0 Å². The standard InChI is InChI=1S/C17H19N5O2S/c1-10-9-15-20-21-17(22(15)12(3)18-10)25-11(2)16(23)19-13-5-7-14(24-4)8-6-13/h5-9,11H,1-4H3,(H,19,23). The number of rotatable bonds is 5. The molecule has 0 spiro atoms. The molecule has 0 aliphatic carbocycles. The van der Waals surface area contributed by atoms with Crippen LogP contribution < -0.4 is 10.1 Å². The van der Waals surface area contributed by atoms with Gasteiger partial charge in [0, 0.05) is 17.4 Å². The summed E-state index contributed by atoms with van der Waals surface area (Å²) >= 11 is 1.35. The third-order valence-corrected chi connectivity index (χ3v) is 4.71. The number of anilines is 1. The van der Waals surface area contributed by atoms with Crippen molar-refractivity contribution in [2.24, 2.45) is 0 Å². The van der Waals surface area contributed by atoms with Crippen molar-refractivity contribution in [3.63, 3.8) is 0 Å². The lowest BCUT2D eigenvalue weighted by atomic mass is 10.3. The molecule has 0 saturated carbocycles. The number of methoxy groups -OCH3 is 1. The van der Waals surface area contributed by atoms with Gasteiger partial charge in [-0.15, -0.1) is 10.2 Å². The van der Waals surface area contributed by atoms with Crippen molar-refractivity contribution in [1.29, 1.82) is 0 Å². The van der Waals surface area contributed by atoms with Gasteiger partial charge in [0.15, 0.2) is 10.8 Å². The molecule has 1 N–H and O–H groups in total. The largest absolute Gasteiger partial charge is 0.497 e. The van der Waals surface area contributed by atoms with E-state index in [1.165, 1.54) is 11.8 Å². The maximum atomic E-state index is 12.4. The molecule has 2 aromatic heterocycles. The van der Waals surface area contributed by atoms with Gasteiger partial charge in [0.05, 0.1) is 12.4 Å². The summed E-state index contributed by atoms with van der Waals surface area (Å²) < 4.78 is 6.97. The first kappa shape index (κ1) is 17.2. The molecule has 0 aliphatic rings. The summed E-state index contributed by atoms with van der Waals surface area (Å²) in [5.74, 6) is 1.43. The maximum Gasteiger partial charge on any atom is 0.237 e. The third-order valence-electron chi connectivity index (χ3n) is 3.67. The summed E-state index contributed by atoms with van der Waals surface area (Å²) in [6.07, 6.45) is 0. The molecule has 1 atom stereocenters. The van der Waals surface area contributed by atoms with Crippen LogP contribution in [-0.2, 0) is 4.79 Å². The van der Waals surface area contributed by atoms with Crippen LogP contribution in [0.15, 0.2) is 35.5 Å². The van der Waals surface area contributed by atoms with E-state index in [-0.39, 0.29) is 11.2 Å². The quantitative estimate of drug-likeness (QED) is 0.707. The summed E-state index contributed by atoms with van der Waals surface area (Å²) in [7, 11) is 1.60. The topological polar surface area (TPSA) is 81.4 Å². The fraction of sp³-hybridized carbons (Fsp3) is 0.294. The first-order valence-corrected chi connectivity index (χ1v) is 8.67. The van der Waals surface area contributed by atoms with Crippen LogP contribution >= 0.6 is 11.8 Å². The molecule has 3 aromatic rings. The van der Waals surface area contributed by atoms with E-state index in [2.05, 4.69) is 20.5 Å². The molecule has 1 unspecified atom stereocenters. The van der Waals surface area contributed by atoms with Gasteiger partial charge in [0.2, 0.25) is 5.91 Å². The molecule has 7 nitrogen and oxygen atoms in total. The minimum atomic E-state index is -0.338. The highest BCUT2D eigenvalue weighted by Gasteiger charge is 2.19. The zero-order valence-corrected chi connectivity index (χ0v) is 15.3. The molecule has 1 aromatic carbocycles. The van der Waals surface area contributed by atoms with Crippen LogP contribution in [0.4, 0.5) is 5.69 Å². The van der Waals surface area contributed by atoms with Crippen LogP contribution in [-0.4, -0.2) is 37.8 Å².